The van der Waals surface area contributed by atoms with Gasteiger partial charge in [-0.15, -0.1) is 0 Å². The number of para-hydroxylation sites is 2. The number of benzene rings is 2. The third-order valence-electron chi connectivity index (χ3n) is 2.80. The monoisotopic (exact) mass is 302 g/mol. The third-order valence-corrected chi connectivity index (χ3v) is 2.80. The summed E-state index contributed by atoms with van der Waals surface area (Å²) in [4.78, 5) is 0. The predicted octanol–water partition coefficient (Wildman–Crippen LogP) is 5.13. The first-order valence-corrected chi connectivity index (χ1v) is 6.73. The van der Waals surface area contributed by atoms with E-state index in [1.807, 2.05) is 60.7 Å². The molecule has 114 valence electrons. The van der Waals surface area contributed by atoms with Crippen molar-refractivity contribution in [2.45, 2.75) is 13.3 Å². The van der Waals surface area contributed by atoms with Crippen molar-refractivity contribution in [3.63, 3.8) is 0 Å². The van der Waals surface area contributed by atoms with E-state index in [1.165, 1.54) is 6.20 Å². The molecule has 0 aliphatic carbocycles. The van der Waals surface area contributed by atoms with Gasteiger partial charge in [0.05, 0.1) is 0 Å². The lowest BCUT2D eigenvalue weighted by molar-refractivity contribution is 0.145. The number of nitrogens with zero attached hydrogens (tertiary/aromatic N) is 1. The summed E-state index contributed by atoms with van der Waals surface area (Å²) in [5.74, 6) is 1.74. The number of rotatable bonds is 3. The SMILES string of the molecule is Cc1c[nH]nc1C(F)F.c1ccc(Oc2ccccc2)cc1. The molecule has 0 fully saturated rings. The van der Waals surface area contributed by atoms with Crippen molar-refractivity contribution in [2.24, 2.45) is 0 Å². The Labute approximate surface area is 127 Å². The second-order valence-corrected chi connectivity index (χ2v) is 4.48. The molecule has 5 heteroatoms. The van der Waals surface area contributed by atoms with E-state index in [1.54, 1.807) is 6.92 Å². The minimum atomic E-state index is -2.46. The first-order chi connectivity index (χ1) is 10.7. The maximum Gasteiger partial charge on any atom is 0.282 e. The van der Waals surface area contributed by atoms with E-state index < -0.39 is 6.43 Å². The van der Waals surface area contributed by atoms with Crippen LogP contribution in [0.4, 0.5) is 8.78 Å². The zero-order chi connectivity index (χ0) is 15.8. The summed E-state index contributed by atoms with van der Waals surface area (Å²) in [5.41, 5.74) is 0.347. The van der Waals surface area contributed by atoms with E-state index in [0.717, 1.165) is 11.5 Å². The lowest BCUT2D eigenvalue weighted by Crippen LogP contribution is -1.85. The van der Waals surface area contributed by atoms with Crippen LogP contribution in [0.2, 0.25) is 0 Å². The maximum atomic E-state index is 11.8. The van der Waals surface area contributed by atoms with Gasteiger partial charge in [-0.3, -0.25) is 5.10 Å². The maximum absolute atomic E-state index is 11.8. The van der Waals surface area contributed by atoms with Crippen molar-refractivity contribution in [1.82, 2.24) is 10.2 Å². The van der Waals surface area contributed by atoms with Crippen molar-refractivity contribution >= 4 is 0 Å². The Kier molecular flexibility index (Phi) is 5.65. The van der Waals surface area contributed by atoms with E-state index in [-0.39, 0.29) is 5.69 Å². The molecule has 3 aromatic rings. The standard InChI is InChI=1S/C12H10O.C5H6F2N2/c1-3-7-11(8-4-1)13-12-9-5-2-6-10-12;1-3-2-8-9-4(3)5(6)7/h1-10H;2,5H,1H3,(H,8,9). The largest absolute Gasteiger partial charge is 0.457 e. The zero-order valence-electron chi connectivity index (χ0n) is 12.0. The van der Waals surface area contributed by atoms with Crippen molar-refractivity contribution in [1.29, 1.82) is 0 Å². The number of aryl methyl sites for hydroxylation is 1. The molecule has 1 aromatic heterocycles. The van der Waals surface area contributed by atoms with Gasteiger partial charge in [-0.25, -0.2) is 8.78 Å². The molecule has 3 nitrogen and oxygen atoms in total. The number of hydrogen-bond acceptors (Lipinski definition) is 2. The molecule has 1 heterocycles. The predicted molar refractivity (Wildman–Crippen MR) is 81.2 cm³/mol. The summed E-state index contributed by atoms with van der Waals surface area (Å²) in [6, 6.07) is 19.5. The highest BCUT2D eigenvalue weighted by Crippen LogP contribution is 2.19. The van der Waals surface area contributed by atoms with Crippen LogP contribution in [-0.4, -0.2) is 10.2 Å². The highest BCUT2D eigenvalue weighted by atomic mass is 19.3. The fourth-order valence-electron chi connectivity index (χ4n) is 1.69. The Bertz CT molecular complexity index is 632. The number of halogens is 2. The van der Waals surface area contributed by atoms with Crippen molar-refractivity contribution in [3.8, 4) is 11.5 Å². The van der Waals surface area contributed by atoms with Gasteiger partial charge in [0.2, 0.25) is 0 Å². The van der Waals surface area contributed by atoms with Crippen molar-refractivity contribution in [3.05, 3.63) is 78.1 Å². The summed E-state index contributed by atoms with van der Waals surface area (Å²) >= 11 is 0. The average molecular weight is 302 g/mol. The van der Waals surface area contributed by atoms with Gasteiger partial charge in [-0.2, -0.15) is 5.10 Å². The van der Waals surface area contributed by atoms with Gasteiger partial charge in [0.1, 0.15) is 17.2 Å². The van der Waals surface area contributed by atoms with E-state index in [4.69, 9.17) is 4.74 Å². The normalized spacial score (nSPS) is 10.0. The minimum absolute atomic E-state index is 0.157. The number of nitrogens with one attached hydrogen (secondary N) is 1. The van der Waals surface area contributed by atoms with Crippen LogP contribution in [0.25, 0.3) is 0 Å². The number of aromatic amines is 1. The van der Waals surface area contributed by atoms with Gasteiger partial charge < -0.3 is 4.74 Å². The van der Waals surface area contributed by atoms with Crippen molar-refractivity contribution in [2.75, 3.05) is 0 Å². The van der Waals surface area contributed by atoms with Crippen LogP contribution in [0.5, 0.6) is 11.5 Å². The average Bonchev–Trinajstić information content (AvgIpc) is 2.96. The van der Waals surface area contributed by atoms with E-state index in [0.29, 0.717) is 5.56 Å². The summed E-state index contributed by atoms with van der Waals surface area (Å²) in [7, 11) is 0. The number of hydrogen-bond donors (Lipinski definition) is 1. The molecule has 0 unspecified atom stereocenters. The van der Waals surface area contributed by atoms with Crippen LogP contribution in [0.15, 0.2) is 66.9 Å². The smallest absolute Gasteiger partial charge is 0.282 e. The lowest BCUT2D eigenvalue weighted by atomic mass is 10.3. The molecule has 0 aliphatic rings. The molecule has 0 bridgehead atoms. The van der Waals surface area contributed by atoms with Gasteiger partial charge in [-0.1, -0.05) is 36.4 Å². The molecule has 0 amide bonds. The fraction of sp³-hybridized carbons (Fsp3) is 0.118. The topological polar surface area (TPSA) is 37.9 Å². The van der Waals surface area contributed by atoms with E-state index in [2.05, 4.69) is 10.2 Å². The second kappa shape index (κ2) is 7.93. The Morgan fingerprint density at radius 1 is 0.909 bits per heavy atom. The Morgan fingerprint density at radius 3 is 1.73 bits per heavy atom. The Balaban J connectivity index is 0.000000172. The quantitative estimate of drug-likeness (QED) is 0.728. The Morgan fingerprint density at radius 2 is 1.41 bits per heavy atom. The van der Waals surface area contributed by atoms with Gasteiger partial charge in [0, 0.05) is 6.20 Å². The van der Waals surface area contributed by atoms with Crippen LogP contribution >= 0.6 is 0 Å². The van der Waals surface area contributed by atoms with Gasteiger partial charge in [0.15, 0.2) is 0 Å². The highest BCUT2D eigenvalue weighted by molar-refractivity contribution is 5.30. The first kappa shape index (κ1) is 15.7. The molecular formula is C17H16F2N2O. The molecule has 0 aliphatic heterocycles. The highest BCUT2D eigenvalue weighted by Gasteiger charge is 2.11. The van der Waals surface area contributed by atoms with E-state index in [9.17, 15) is 8.78 Å². The van der Waals surface area contributed by atoms with E-state index >= 15 is 0 Å². The molecule has 2 aromatic carbocycles. The molecule has 0 radical (unpaired) electrons. The van der Waals surface area contributed by atoms with Gasteiger partial charge in [-0.05, 0) is 36.8 Å². The third kappa shape index (κ3) is 4.70. The zero-order valence-corrected chi connectivity index (χ0v) is 12.0. The van der Waals surface area contributed by atoms with Crippen LogP contribution in [0.1, 0.15) is 17.7 Å². The van der Waals surface area contributed by atoms with Gasteiger partial charge >= 0.3 is 0 Å². The van der Waals surface area contributed by atoms with Crippen molar-refractivity contribution < 1.29 is 13.5 Å². The molecule has 0 saturated heterocycles. The van der Waals surface area contributed by atoms with Gasteiger partial charge in [0.25, 0.3) is 6.43 Å². The fourth-order valence-corrected chi connectivity index (χ4v) is 1.69. The molecular weight excluding hydrogens is 286 g/mol. The number of ether oxygens (including phenoxy) is 1. The molecule has 0 saturated carbocycles. The van der Waals surface area contributed by atoms with Crippen LogP contribution in [0.3, 0.4) is 0 Å². The summed E-state index contributed by atoms with van der Waals surface area (Å²) in [5, 5.41) is 5.69. The van der Waals surface area contributed by atoms with Crippen LogP contribution < -0.4 is 4.74 Å². The molecule has 22 heavy (non-hydrogen) atoms. The second-order valence-electron chi connectivity index (χ2n) is 4.48. The number of alkyl halides is 2. The first-order valence-electron chi connectivity index (χ1n) is 6.73. The van der Waals surface area contributed by atoms with Crippen LogP contribution in [0, 0.1) is 6.92 Å². The molecule has 0 atom stereocenters. The Hall–Kier alpha value is -2.69. The lowest BCUT2D eigenvalue weighted by Gasteiger charge is -2.03. The molecule has 1 N–H and O–H groups in total. The van der Waals surface area contributed by atoms with Crippen LogP contribution in [-0.2, 0) is 0 Å². The summed E-state index contributed by atoms with van der Waals surface area (Å²) in [6.45, 7) is 1.59. The molecule has 3 rings (SSSR count). The summed E-state index contributed by atoms with van der Waals surface area (Å²) in [6.07, 6.45) is -1.02. The molecule has 0 spiro atoms. The number of H-pyrrole nitrogens is 1. The minimum Gasteiger partial charge on any atom is -0.457 e. The number of aromatic nitrogens is 2. The summed E-state index contributed by atoms with van der Waals surface area (Å²) < 4.78 is 29.1.